The minimum Gasteiger partial charge on any atom is -0.481 e. The van der Waals surface area contributed by atoms with Crippen molar-refractivity contribution >= 4 is 11.9 Å². The van der Waals surface area contributed by atoms with E-state index in [1.54, 1.807) is 0 Å². The van der Waals surface area contributed by atoms with Crippen LogP contribution in [0.5, 0.6) is 0 Å². The van der Waals surface area contributed by atoms with E-state index in [0.29, 0.717) is 4.90 Å². The molecule has 1 saturated heterocycles. The monoisotopic (exact) mass is 243 g/mol. The maximum absolute atomic E-state index is 13.0. The van der Waals surface area contributed by atoms with E-state index in [-0.39, 0.29) is 0 Å². The van der Waals surface area contributed by atoms with Gasteiger partial charge < -0.3 is 10.0 Å². The van der Waals surface area contributed by atoms with Crippen LogP contribution in [0.1, 0.15) is 6.42 Å². The maximum Gasteiger partial charge on any atom is 0.471 e. The highest BCUT2D eigenvalue weighted by Crippen LogP contribution is 2.25. The molecule has 0 spiro atoms. The number of hydrogen-bond acceptors (Lipinski definition) is 2. The van der Waals surface area contributed by atoms with Gasteiger partial charge in [0, 0.05) is 13.1 Å². The quantitative estimate of drug-likeness (QED) is 0.693. The highest BCUT2D eigenvalue weighted by Gasteiger charge is 2.46. The zero-order valence-corrected chi connectivity index (χ0v) is 8.00. The molecule has 0 aromatic rings. The van der Waals surface area contributed by atoms with Crippen LogP contribution in [0.15, 0.2) is 0 Å². The molecule has 1 aliphatic heterocycles. The molecule has 0 aromatic heterocycles. The number of halogens is 4. The normalized spacial score (nSPS) is 26.6. The summed E-state index contributed by atoms with van der Waals surface area (Å²) in [6.45, 7) is -1.15. The Morgan fingerprint density at radius 3 is 2.31 bits per heavy atom. The second-order valence-corrected chi connectivity index (χ2v) is 3.50. The first-order valence-electron chi connectivity index (χ1n) is 4.46. The van der Waals surface area contributed by atoms with Gasteiger partial charge in [0.05, 0.1) is 0 Å². The first kappa shape index (κ1) is 12.7. The predicted octanol–water partition coefficient (Wildman–Crippen LogP) is 0.820. The minimum atomic E-state index is -5.05. The van der Waals surface area contributed by atoms with Crippen LogP contribution >= 0.6 is 0 Å². The number of alkyl halides is 4. The van der Waals surface area contributed by atoms with Crippen LogP contribution in [0.4, 0.5) is 17.6 Å². The largest absolute Gasteiger partial charge is 0.481 e. The molecule has 92 valence electrons. The molecule has 1 fully saturated rings. The molecule has 1 rings (SSSR count). The van der Waals surface area contributed by atoms with E-state index in [4.69, 9.17) is 5.11 Å². The summed E-state index contributed by atoms with van der Waals surface area (Å²) in [6, 6.07) is 0. The van der Waals surface area contributed by atoms with Crippen molar-refractivity contribution in [2.45, 2.75) is 18.8 Å². The Hall–Kier alpha value is -1.34. The van der Waals surface area contributed by atoms with Crippen molar-refractivity contribution in [3.63, 3.8) is 0 Å². The number of nitrogens with zero attached hydrogens (tertiary/aromatic N) is 1. The minimum absolute atomic E-state index is 0.328. The number of carbonyl (C=O) groups is 2. The summed E-state index contributed by atoms with van der Waals surface area (Å²) in [7, 11) is 0. The first-order chi connectivity index (χ1) is 7.23. The number of amides is 1. The van der Waals surface area contributed by atoms with Crippen molar-refractivity contribution in [1.82, 2.24) is 4.90 Å². The van der Waals surface area contributed by atoms with E-state index >= 15 is 0 Å². The summed E-state index contributed by atoms with van der Waals surface area (Å²) >= 11 is 0. The van der Waals surface area contributed by atoms with Crippen molar-refractivity contribution in [1.29, 1.82) is 0 Å². The molecular weight excluding hydrogens is 234 g/mol. The SMILES string of the molecule is O=C(O)C1CN(C(=O)C(F)(F)F)CCC1F. The Morgan fingerprint density at radius 1 is 1.31 bits per heavy atom. The van der Waals surface area contributed by atoms with Crippen molar-refractivity contribution < 1.29 is 32.3 Å². The van der Waals surface area contributed by atoms with Gasteiger partial charge in [0.2, 0.25) is 0 Å². The number of rotatable bonds is 1. The fourth-order valence-corrected chi connectivity index (χ4v) is 1.52. The molecule has 0 bridgehead atoms. The smallest absolute Gasteiger partial charge is 0.471 e. The molecular formula is C8H9F4NO3. The third kappa shape index (κ3) is 2.61. The third-order valence-electron chi connectivity index (χ3n) is 2.38. The van der Waals surface area contributed by atoms with Gasteiger partial charge in [0.15, 0.2) is 0 Å². The second kappa shape index (κ2) is 4.26. The van der Waals surface area contributed by atoms with Crippen LogP contribution in [0, 0.1) is 5.92 Å². The molecule has 1 amide bonds. The van der Waals surface area contributed by atoms with Crippen molar-refractivity contribution in [2.24, 2.45) is 5.92 Å². The molecule has 2 unspecified atom stereocenters. The molecule has 0 saturated carbocycles. The van der Waals surface area contributed by atoms with Gasteiger partial charge in [-0.25, -0.2) is 4.39 Å². The molecule has 2 atom stereocenters. The number of piperidine rings is 1. The Kier molecular flexibility index (Phi) is 3.39. The molecule has 0 aliphatic carbocycles. The maximum atomic E-state index is 13.0. The van der Waals surface area contributed by atoms with E-state index in [9.17, 15) is 27.2 Å². The summed E-state index contributed by atoms with van der Waals surface area (Å²) in [5, 5.41) is 8.55. The lowest BCUT2D eigenvalue weighted by atomic mass is 9.96. The molecule has 8 heteroatoms. The highest BCUT2D eigenvalue weighted by molar-refractivity contribution is 5.83. The highest BCUT2D eigenvalue weighted by atomic mass is 19.4. The van der Waals surface area contributed by atoms with Gasteiger partial charge in [-0.05, 0) is 6.42 Å². The molecule has 1 aliphatic rings. The predicted molar refractivity (Wildman–Crippen MR) is 43.3 cm³/mol. The summed E-state index contributed by atoms with van der Waals surface area (Å²) in [4.78, 5) is 21.6. The number of carboxylic acid groups (broad SMARTS) is 1. The van der Waals surface area contributed by atoms with Crippen LogP contribution in [-0.2, 0) is 9.59 Å². The Bertz CT molecular complexity index is 304. The van der Waals surface area contributed by atoms with Crippen molar-refractivity contribution in [2.75, 3.05) is 13.1 Å². The standard InChI is InChI=1S/C8H9F4NO3/c9-5-1-2-13(3-4(5)6(14)15)7(16)8(10,11)12/h4-5H,1-3H2,(H,14,15). The zero-order valence-electron chi connectivity index (χ0n) is 8.00. The van der Waals surface area contributed by atoms with E-state index in [0.717, 1.165) is 0 Å². The van der Waals surface area contributed by atoms with E-state index in [2.05, 4.69) is 0 Å². The average Bonchev–Trinajstić information content (AvgIpc) is 2.15. The molecule has 0 aromatic carbocycles. The van der Waals surface area contributed by atoms with E-state index in [1.807, 2.05) is 0 Å². The molecule has 0 radical (unpaired) electrons. The van der Waals surface area contributed by atoms with Gasteiger partial charge in [-0.15, -0.1) is 0 Å². The third-order valence-corrected chi connectivity index (χ3v) is 2.38. The van der Waals surface area contributed by atoms with Gasteiger partial charge in [-0.1, -0.05) is 0 Å². The van der Waals surface area contributed by atoms with Gasteiger partial charge in [-0.2, -0.15) is 13.2 Å². The van der Waals surface area contributed by atoms with Crippen LogP contribution < -0.4 is 0 Å². The Morgan fingerprint density at radius 2 is 1.88 bits per heavy atom. The summed E-state index contributed by atoms with van der Waals surface area (Å²) in [5.41, 5.74) is 0. The summed E-state index contributed by atoms with van der Waals surface area (Å²) in [5.74, 6) is -5.24. The Balaban J connectivity index is 2.73. The number of likely N-dealkylation sites (tertiary alicyclic amines) is 1. The topological polar surface area (TPSA) is 57.6 Å². The number of carbonyl (C=O) groups excluding carboxylic acids is 1. The Labute approximate surface area is 87.8 Å². The number of aliphatic carboxylic acids is 1. The molecule has 1 N–H and O–H groups in total. The van der Waals surface area contributed by atoms with Gasteiger partial charge in [0.1, 0.15) is 12.1 Å². The molecule has 1 heterocycles. The lowest BCUT2D eigenvalue weighted by molar-refractivity contribution is -0.188. The number of carboxylic acids is 1. The van der Waals surface area contributed by atoms with Gasteiger partial charge in [-0.3, -0.25) is 9.59 Å². The van der Waals surface area contributed by atoms with Gasteiger partial charge >= 0.3 is 18.1 Å². The van der Waals surface area contributed by atoms with Gasteiger partial charge in [0.25, 0.3) is 0 Å². The second-order valence-electron chi connectivity index (χ2n) is 3.50. The summed E-state index contributed by atoms with van der Waals surface area (Å²) < 4.78 is 49.1. The van der Waals surface area contributed by atoms with Crippen LogP contribution in [0.25, 0.3) is 0 Å². The zero-order chi connectivity index (χ0) is 12.5. The lowest BCUT2D eigenvalue weighted by Crippen LogP contribution is -2.51. The van der Waals surface area contributed by atoms with Crippen LogP contribution in [-0.4, -0.2) is 47.3 Å². The molecule has 16 heavy (non-hydrogen) atoms. The van der Waals surface area contributed by atoms with Crippen LogP contribution in [0.2, 0.25) is 0 Å². The van der Waals surface area contributed by atoms with Crippen molar-refractivity contribution in [3.05, 3.63) is 0 Å². The van der Waals surface area contributed by atoms with E-state index in [1.165, 1.54) is 0 Å². The van der Waals surface area contributed by atoms with Crippen molar-refractivity contribution in [3.8, 4) is 0 Å². The fraction of sp³-hybridized carbons (Fsp3) is 0.750. The lowest BCUT2D eigenvalue weighted by Gasteiger charge is -2.33. The molecule has 4 nitrogen and oxygen atoms in total. The fourth-order valence-electron chi connectivity index (χ4n) is 1.52. The summed E-state index contributed by atoms with van der Waals surface area (Å²) in [6.07, 6.45) is -7.15. The average molecular weight is 243 g/mol. The first-order valence-corrected chi connectivity index (χ1v) is 4.46. The van der Waals surface area contributed by atoms with Crippen LogP contribution in [0.3, 0.4) is 0 Å². The van der Waals surface area contributed by atoms with E-state index < -0.39 is 49.7 Å². The number of hydrogen-bond donors (Lipinski definition) is 1.